The molecule has 1 amide bonds. The van der Waals surface area contributed by atoms with Crippen molar-refractivity contribution in [1.82, 2.24) is 0 Å². The first-order valence-corrected chi connectivity index (χ1v) is 6.86. The number of benzene rings is 2. The predicted octanol–water partition coefficient (Wildman–Crippen LogP) is 3.71. The highest BCUT2D eigenvalue weighted by Crippen LogP contribution is 2.16. The smallest absolute Gasteiger partial charge is 0.255 e. The van der Waals surface area contributed by atoms with Crippen molar-refractivity contribution >= 4 is 17.4 Å². The molecule has 4 nitrogen and oxygen atoms in total. The summed E-state index contributed by atoms with van der Waals surface area (Å²) in [6, 6.07) is 13.7. The van der Waals surface area contributed by atoms with E-state index in [-0.39, 0.29) is 11.7 Å². The highest BCUT2D eigenvalue weighted by molar-refractivity contribution is 6.05. The van der Waals surface area contributed by atoms with E-state index in [1.54, 1.807) is 54.6 Å². The molecule has 0 aliphatic carbocycles. The molecule has 0 saturated carbocycles. The molecule has 0 unspecified atom stereocenters. The molecule has 22 heavy (non-hydrogen) atoms. The lowest BCUT2D eigenvalue weighted by molar-refractivity contribution is 0.101. The summed E-state index contributed by atoms with van der Waals surface area (Å²) in [5.74, 6) is 0.297. The molecule has 2 aromatic rings. The van der Waals surface area contributed by atoms with Crippen LogP contribution in [0.1, 0.15) is 27.6 Å². The monoisotopic (exact) mass is 295 g/mol. The Labute approximate surface area is 129 Å². The third kappa shape index (κ3) is 4.06. The van der Waals surface area contributed by atoms with Gasteiger partial charge in [-0.1, -0.05) is 30.9 Å². The first-order valence-electron chi connectivity index (χ1n) is 6.86. The minimum atomic E-state index is -0.259. The number of carbonyl (C=O) groups is 2. The van der Waals surface area contributed by atoms with Crippen LogP contribution in [0.5, 0.6) is 5.75 Å². The van der Waals surface area contributed by atoms with Crippen LogP contribution in [-0.4, -0.2) is 18.3 Å². The lowest BCUT2D eigenvalue weighted by atomic mass is 10.1. The van der Waals surface area contributed by atoms with Crippen LogP contribution in [0.2, 0.25) is 0 Å². The third-order valence-corrected chi connectivity index (χ3v) is 2.99. The summed E-state index contributed by atoms with van der Waals surface area (Å²) in [5.41, 5.74) is 1.62. The van der Waals surface area contributed by atoms with E-state index >= 15 is 0 Å². The summed E-state index contributed by atoms with van der Waals surface area (Å²) in [6.45, 7) is 5.45. The molecular formula is C18H17NO3. The van der Waals surface area contributed by atoms with Gasteiger partial charge in [-0.3, -0.25) is 9.59 Å². The summed E-state index contributed by atoms with van der Waals surface area (Å²) >= 11 is 0. The van der Waals surface area contributed by atoms with Gasteiger partial charge in [0.2, 0.25) is 0 Å². The number of ketones is 1. The zero-order valence-corrected chi connectivity index (χ0v) is 12.3. The minimum Gasteiger partial charge on any atom is -0.490 e. The number of nitrogens with one attached hydrogen (secondary N) is 1. The normalized spacial score (nSPS) is 9.86. The molecule has 0 saturated heterocycles. The fraction of sp³-hybridized carbons (Fsp3) is 0.111. The van der Waals surface area contributed by atoms with Crippen LogP contribution in [-0.2, 0) is 0 Å². The highest BCUT2D eigenvalue weighted by Gasteiger charge is 2.08. The van der Waals surface area contributed by atoms with Crippen molar-refractivity contribution in [3.8, 4) is 5.75 Å². The fourth-order valence-electron chi connectivity index (χ4n) is 1.90. The third-order valence-electron chi connectivity index (χ3n) is 2.99. The second-order valence-corrected chi connectivity index (χ2v) is 4.72. The van der Waals surface area contributed by atoms with Gasteiger partial charge in [-0.2, -0.15) is 0 Å². The van der Waals surface area contributed by atoms with Crippen LogP contribution in [0.4, 0.5) is 5.69 Å². The number of hydrogen-bond donors (Lipinski definition) is 1. The van der Waals surface area contributed by atoms with Crippen LogP contribution in [0.25, 0.3) is 0 Å². The van der Waals surface area contributed by atoms with Crippen molar-refractivity contribution < 1.29 is 14.3 Å². The van der Waals surface area contributed by atoms with Crippen molar-refractivity contribution in [3.63, 3.8) is 0 Å². The minimum absolute atomic E-state index is 0.0454. The van der Waals surface area contributed by atoms with E-state index < -0.39 is 0 Å². The van der Waals surface area contributed by atoms with Gasteiger partial charge in [-0.15, -0.1) is 0 Å². The Balaban J connectivity index is 2.13. The van der Waals surface area contributed by atoms with Crippen LogP contribution in [0.3, 0.4) is 0 Å². The Bertz CT molecular complexity index is 707. The number of carbonyl (C=O) groups excluding carboxylic acids is 2. The SMILES string of the molecule is C=CCOc1cccc(C(=O)Nc2cccc(C(C)=O)c2)c1. The number of Topliss-reactive ketones (excluding diaryl/α,β-unsaturated/α-hetero) is 1. The molecule has 4 heteroatoms. The van der Waals surface area contributed by atoms with Gasteiger partial charge in [0.25, 0.3) is 5.91 Å². The summed E-state index contributed by atoms with van der Waals surface area (Å²) in [7, 11) is 0. The molecule has 2 aromatic carbocycles. The first-order chi connectivity index (χ1) is 10.6. The van der Waals surface area contributed by atoms with Gasteiger partial charge >= 0.3 is 0 Å². The zero-order chi connectivity index (χ0) is 15.9. The maximum atomic E-state index is 12.2. The van der Waals surface area contributed by atoms with Gasteiger partial charge in [0, 0.05) is 16.8 Å². The van der Waals surface area contributed by atoms with E-state index in [1.807, 2.05) is 0 Å². The Morgan fingerprint density at radius 1 is 1.14 bits per heavy atom. The molecular weight excluding hydrogens is 278 g/mol. The predicted molar refractivity (Wildman–Crippen MR) is 86.5 cm³/mol. The van der Waals surface area contributed by atoms with Crippen molar-refractivity contribution in [2.75, 3.05) is 11.9 Å². The van der Waals surface area contributed by atoms with Crippen molar-refractivity contribution in [3.05, 3.63) is 72.3 Å². The summed E-state index contributed by atoms with van der Waals surface area (Å²) in [5, 5.41) is 2.77. The summed E-state index contributed by atoms with van der Waals surface area (Å²) in [6.07, 6.45) is 1.64. The highest BCUT2D eigenvalue weighted by atomic mass is 16.5. The van der Waals surface area contributed by atoms with E-state index in [9.17, 15) is 9.59 Å². The van der Waals surface area contributed by atoms with E-state index in [1.165, 1.54) is 6.92 Å². The van der Waals surface area contributed by atoms with E-state index in [2.05, 4.69) is 11.9 Å². The molecule has 0 spiro atoms. The van der Waals surface area contributed by atoms with Gasteiger partial charge in [-0.25, -0.2) is 0 Å². The maximum absolute atomic E-state index is 12.2. The molecule has 2 rings (SSSR count). The Kier molecular flexibility index (Phi) is 5.09. The number of hydrogen-bond acceptors (Lipinski definition) is 3. The lowest BCUT2D eigenvalue weighted by Gasteiger charge is -2.08. The van der Waals surface area contributed by atoms with Crippen molar-refractivity contribution in [1.29, 1.82) is 0 Å². The Morgan fingerprint density at radius 2 is 1.86 bits per heavy atom. The second kappa shape index (κ2) is 7.22. The Morgan fingerprint density at radius 3 is 2.59 bits per heavy atom. The zero-order valence-electron chi connectivity index (χ0n) is 12.3. The number of amides is 1. The van der Waals surface area contributed by atoms with E-state index in [0.29, 0.717) is 29.2 Å². The number of rotatable bonds is 6. The maximum Gasteiger partial charge on any atom is 0.255 e. The topological polar surface area (TPSA) is 55.4 Å². The molecule has 0 aliphatic rings. The van der Waals surface area contributed by atoms with E-state index in [4.69, 9.17) is 4.74 Å². The van der Waals surface area contributed by atoms with Crippen molar-refractivity contribution in [2.45, 2.75) is 6.92 Å². The molecule has 0 bridgehead atoms. The van der Waals surface area contributed by atoms with Gasteiger partial charge in [-0.05, 0) is 37.3 Å². The molecule has 0 atom stereocenters. The average Bonchev–Trinajstić information content (AvgIpc) is 2.53. The standard InChI is InChI=1S/C18H17NO3/c1-3-10-22-17-9-5-7-15(12-17)18(21)19-16-8-4-6-14(11-16)13(2)20/h3-9,11-12H,1,10H2,2H3,(H,19,21). The summed E-state index contributed by atoms with van der Waals surface area (Å²) < 4.78 is 5.40. The van der Waals surface area contributed by atoms with Crippen LogP contribution >= 0.6 is 0 Å². The van der Waals surface area contributed by atoms with Gasteiger partial charge < -0.3 is 10.1 Å². The second-order valence-electron chi connectivity index (χ2n) is 4.72. The van der Waals surface area contributed by atoms with Gasteiger partial charge in [0.05, 0.1) is 0 Å². The molecule has 0 fully saturated rings. The molecule has 112 valence electrons. The molecule has 0 radical (unpaired) electrons. The first kappa shape index (κ1) is 15.5. The number of anilines is 1. The van der Waals surface area contributed by atoms with Crippen LogP contribution in [0.15, 0.2) is 61.2 Å². The Hall–Kier alpha value is -2.88. The van der Waals surface area contributed by atoms with Crippen molar-refractivity contribution in [2.24, 2.45) is 0 Å². The quantitative estimate of drug-likeness (QED) is 0.653. The average molecular weight is 295 g/mol. The van der Waals surface area contributed by atoms with Gasteiger partial charge in [0.1, 0.15) is 12.4 Å². The van der Waals surface area contributed by atoms with Gasteiger partial charge in [0.15, 0.2) is 5.78 Å². The van der Waals surface area contributed by atoms with Crippen LogP contribution in [0, 0.1) is 0 Å². The largest absolute Gasteiger partial charge is 0.490 e. The molecule has 0 heterocycles. The lowest BCUT2D eigenvalue weighted by Crippen LogP contribution is -2.12. The fourth-order valence-corrected chi connectivity index (χ4v) is 1.90. The molecule has 0 aliphatic heterocycles. The molecule has 1 N–H and O–H groups in total. The van der Waals surface area contributed by atoms with E-state index in [0.717, 1.165) is 0 Å². The molecule has 0 aromatic heterocycles. The number of ether oxygens (including phenoxy) is 1. The summed E-state index contributed by atoms with van der Waals surface area (Å²) in [4.78, 5) is 23.6. The van der Waals surface area contributed by atoms with Crippen LogP contribution < -0.4 is 10.1 Å².